The number of nitrogens with one attached hydrogen (secondary N) is 18. The van der Waals surface area contributed by atoms with E-state index in [1.54, 1.807) is 69.2 Å². The third kappa shape index (κ3) is 39.0. The van der Waals surface area contributed by atoms with Gasteiger partial charge in [-0.05, 0) is 114 Å². The van der Waals surface area contributed by atoms with Gasteiger partial charge in [0.1, 0.15) is 84.3 Å². The number of amides is 18. The molecule has 688 valence electrons. The minimum Gasteiger partial charge on any atom is -0.508 e. The number of carboxylic acid groups (broad SMARTS) is 1. The van der Waals surface area contributed by atoms with Crippen LogP contribution in [0.1, 0.15) is 165 Å². The molecule has 0 saturated heterocycles. The second-order valence-electron chi connectivity index (χ2n) is 32.2. The number of nitrogens with zero attached hydrogens (tertiary/aromatic N) is 2. The van der Waals surface area contributed by atoms with Crippen molar-refractivity contribution < 1.29 is 106 Å². The summed E-state index contributed by atoms with van der Waals surface area (Å²) in [5.41, 5.74) is 18.3. The van der Waals surface area contributed by atoms with Gasteiger partial charge in [-0.1, -0.05) is 87.8 Å². The number of carbonyl (C=O) groups excluding carboxylic acids is 18. The maximum absolute atomic E-state index is 14.3. The molecule has 0 aliphatic heterocycles. The quantitative estimate of drug-likeness (QED) is 0.0250. The van der Waals surface area contributed by atoms with Crippen molar-refractivity contribution >= 4 is 112 Å². The standard InChI is InChI=1S/C79H125N23O22/c1-15-41(10)64(78(123)100-55(25-40(8)9)77(122)102-65(45(14)103)79(124)95-52(66(82)111)22-37(2)3)101-62(108)34-86-68(113)43(12)91-69(114)44(13)92-73(118)57(28-48-31-84-36-89-48)99-76(121)58(29-59(81)105)93-61(107)33-85-67(112)42(11)90-60(106)32-87-71(116)56(27-47-30-83-35-88-47)98-75(120)54(24-39(6)7)97-74(119)53(23-38(4)5)96-72(117)51(20-21-63(109)110)94-70(115)50(80)26-46-16-18-49(104)19-17-46/h16-19,30-31,35-45,50-58,64-65,103-104H,15,20-29,32-34,80H2,1-14H3,(H2,81,105)(H2,82,111)(H,83,88)(H,84,89)(H,85,112)(H,86,113)(H,87,116)(H,90,106)(H,91,114)(H,92,118)(H,93,107)(H,94,115)(H,95,124)(H,96,117)(H,97,119)(H,98,120)(H,99,121)(H,100,123)(H,101,108)(H,102,122)(H,109,110)/t41-,42-,43-,44-,45+,50-,51+,52-,53-,54-,55-,56-,57-,58-,64-,65-/m0/s1. The van der Waals surface area contributed by atoms with Gasteiger partial charge in [-0.15, -0.1) is 0 Å². The van der Waals surface area contributed by atoms with Crippen LogP contribution in [0.3, 0.4) is 0 Å². The first-order valence-corrected chi connectivity index (χ1v) is 40.8. The number of hydrogen-bond acceptors (Lipinski definition) is 24. The van der Waals surface area contributed by atoms with Crippen molar-refractivity contribution in [2.75, 3.05) is 19.6 Å². The molecule has 2 heterocycles. The minimum atomic E-state index is -1.81. The van der Waals surface area contributed by atoms with Gasteiger partial charge in [0.05, 0.1) is 50.9 Å². The van der Waals surface area contributed by atoms with E-state index in [2.05, 4.69) is 105 Å². The Bertz CT molecular complexity index is 4130. The zero-order chi connectivity index (χ0) is 93.5. The summed E-state index contributed by atoms with van der Waals surface area (Å²) in [5, 5.41) is 68.9. The second kappa shape index (κ2) is 52.6. The number of aromatic nitrogens is 4. The van der Waals surface area contributed by atoms with Gasteiger partial charge in [-0.2, -0.15) is 0 Å². The molecule has 0 radical (unpaired) electrons. The molecule has 0 aliphatic carbocycles. The molecule has 124 heavy (non-hydrogen) atoms. The predicted molar refractivity (Wildman–Crippen MR) is 444 cm³/mol. The van der Waals surface area contributed by atoms with Crippen molar-refractivity contribution in [2.45, 2.75) is 258 Å². The summed E-state index contributed by atoms with van der Waals surface area (Å²) in [6, 6.07) is -14.0. The van der Waals surface area contributed by atoms with E-state index in [1.807, 2.05) is 0 Å². The first-order valence-electron chi connectivity index (χ1n) is 40.8. The Morgan fingerprint density at radius 3 is 1.21 bits per heavy atom. The molecule has 16 atom stereocenters. The third-order valence-electron chi connectivity index (χ3n) is 19.1. The van der Waals surface area contributed by atoms with Crippen LogP contribution >= 0.6 is 0 Å². The van der Waals surface area contributed by atoms with Crippen molar-refractivity contribution in [2.24, 2.45) is 46.8 Å². The number of nitrogens with two attached hydrogens (primary N) is 3. The molecule has 0 fully saturated rings. The van der Waals surface area contributed by atoms with Crippen molar-refractivity contribution in [3.63, 3.8) is 0 Å². The van der Waals surface area contributed by atoms with Crippen molar-refractivity contribution in [3.8, 4) is 5.75 Å². The summed E-state index contributed by atoms with van der Waals surface area (Å²) in [7, 11) is 0. The molecule has 0 bridgehead atoms. The minimum absolute atomic E-state index is 0.00720. The molecule has 1 aromatic carbocycles. The van der Waals surface area contributed by atoms with Gasteiger partial charge in [-0.3, -0.25) is 91.1 Å². The van der Waals surface area contributed by atoms with Crippen LogP contribution in [-0.4, -0.2) is 258 Å². The van der Waals surface area contributed by atoms with Gasteiger partial charge in [0, 0.05) is 43.0 Å². The van der Waals surface area contributed by atoms with E-state index in [1.165, 1.54) is 77.0 Å². The fourth-order valence-electron chi connectivity index (χ4n) is 12.2. The molecular weight excluding hydrogens is 1620 g/mol. The highest BCUT2D eigenvalue weighted by atomic mass is 16.4. The van der Waals surface area contributed by atoms with E-state index in [0.29, 0.717) is 17.7 Å². The average Bonchev–Trinajstić information content (AvgIpc) is 1.27. The number of aliphatic carboxylic acids is 1. The number of carboxylic acids is 1. The van der Waals surface area contributed by atoms with Gasteiger partial charge < -0.3 is 128 Å². The molecule has 3 rings (SSSR count). The summed E-state index contributed by atoms with van der Waals surface area (Å²) >= 11 is 0. The molecule has 3 aromatic rings. The topological polar surface area (TPSA) is 713 Å². The molecule has 45 nitrogen and oxygen atoms in total. The van der Waals surface area contributed by atoms with Crippen LogP contribution in [-0.2, 0) is 110 Å². The summed E-state index contributed by atoms with van der Waals surface area (Å²) in [5.74, 6) is -19.5. The zero-order valence-electron chi connectivity index (χ0n) is 72.3. The molecule has 0 aliphatic rings. The first kappa shape index (κ1) is 105. The number of phenols is 1. The normalized spacial score (nSPS) is 15.1. The van der Waals surface area contributed by atoms with Crippen LogP contribution in [0.15, 0.2) is 49.3 Å². The lowest BCUT2D eigenvalue weighted by Crippen LogP contribution is -2.61. The fourth-order valence-corrected chi connectivity index (χ4v) is 12.2. The lowest BCUT2D eigenvalue weighted by atomic mass is 9.96. The van der Waals surface area contributed by atoms with E-state index in [4.69, 9.17) is 17.2 Å². The number of aliphatic hydroxyl groups is 1. The van der Waals surface area contributed by atoms with Gasteiger partial charge in [0.2, 0.25) is 106 Å². The Morgan fingerprint density at radius 2 is 0.766 bits per heavy atom. The summed E-state index contributed by atoms with van der Waals surface area (Å²) in [6.45, 7) is 20.0. The number of hydrogen-bond donors (Lipinski definition) is 24. The maximum Gasteiger partial charge on any atom is 0.303 e. The number of H-pyrrole nitrogens is 2. The number of aliphatic hydroxyl groups excluding tert-OH is 1. The van der Waals surface area contributed by atoms with Crippen molar-refractivity contribution in [3.05, 3.63) is 66.3 Å². The van der Waals surface area contributed by atoms with Crippen LogP contribution in [0.5, 0.6) is 5.75 Å². The second-order valence-corrected chi connectivity index (χ2v) is 32.2. The van der Waals surface area contributed by atoms with E-state index in [9.17, 15) is 106 Å². The van der Waals surface area contributed by atoms with Crippen molar-refractivity contribution in [1.82, 2.24) is 105 Å². The average molecular weight is 1750 g/mol. The molecule has 0 saturated carbocycles. The summed E-state index contributed by atoms with van der Waals surface area (Å²) in [6.07, 6.45) is 1.84. The fraction of sp³-hybridized carbons (Fsp3) is 0.608. The molecule has 0 spiro atoms. The van der Waals surface area contributed by atoms with E-state index in [-0.39, 0.29) is 80.1 Å². The lowest BCUT2D eigenvalue weighted by molar-refractivity contribution is -0.138. The van der Waals surface area contributed by atoms with Gasteiger partial charge >= 0.3 is 5.97 Å². The first-order chi connectivity index (χ1) is 58.1. The monoisotopic (exact) mass is 1750 g/mol. The predicted octanol–water partition coefficient (Wildman–Crippen LogP) is -6.26. The van der Waals surface area contributed by atoms with Crippen molar-refractivity contribution in [1.29, 1.82) is 0 Å². The highest BCUT2D eigenvalue weighted by molar-refractivity contribution is 6.01. The number of primary amides is 2. The number of aromatic hydroxyl groups is 1. The highest BCUT2D eigenvalue weighted by Crippen LogP contribution is 2.17. The smallest absolute Gasteiger partial charge is 0.303 e. The summed E-state index contributed by atoms with van der Waals surface area (Å²) in [4.78, 5) is 268. The van der Waals surface area contributed by atoms with Crippen LogP contribution < -0.4 is 102 Å². The van der Waals surface area contributed by atoms with E-state index in [0.717, 1.165) is 0 Å². The summed E-state index contributed by atoms with van der Waals surface area (Å²) < 4.78 is 0. The number of aromatic amines is 2. The van der Waals surface area contributed by atoms with Gasteiger partial charge in [0.25, 0.3) is 0 Å². The zero-order valence-corrected chi connectivity index (χ0v) is 72.3. The van der Waals surface area contributed by atoms with Crippen LogP contribution in [0.4, 0.5) is 0 Å². The Kier molecular flexibility index (Phi) is 44.7. The number of benzene rings is 1. The Balaban J connectivity index is 1.65. The van der Waals surface area contributed by atoms with Crippen LogP contribution in [0.2, 0.25) is 0 Å². The third-order valence-corrected chi connectivity index (χ3v) is 19.1. The molecule has 0 unspecified atom stereocenters. The van der Waals surface area contributed by atoms with E-state index >= 15 is 0 Å². The Labute approximate surface area is 717 Å². The lowest BCUT2D eigenvalue weighted by Gasteiger charge is -2.29. The number of imidazole rings is 2. The van der Waals surface area contributed by atoms with Crippen LogP contribution in [0, 0.1) is 29.6 Å². The molecule has 45 heteroatoms. The van der Waals surface area contributed by atoms with E-state index < -0.39 is 248 Å². The maximum atomic E-state index is 14.3. The number of carbonyl (C=O) groups is 19. The van der Waals surface area contributed by atoms with Crippen LogP contribution in [0.25, 0.3) is 0 Å². The largest absolute Gasteiger partial charge is 0.508 e. The Morgan fingerprint density at radius 1 is 0.395 bits per heavy atom. The number of phenolic OH excluding ortho intramolecular Hbond substituents is 1. The van der Waals surface area contributed by atoms with Gasteiger partial charge in [0.15, 0.2) is 0 Å². The molecule has 2 aromatic heterocycles. The molecule has 27 N–H and O–H groups in total. The SMILES string of the molecule is CC[C@H](C)[C@H](NC(=O)CNC(=O)[C@H](C)NC(=O)[C@H](C)NC(=O)[C@H](Cc1cnc[nH]1)NC(=O)[C@H](CC(N)=O)NC(=O)CNC(=O)[C@H](C)NC(=O)CNC(=O)[C@H](Cc1cnc[nH]1)NC(=O)[C@H](CC(C)C)NC(=O)[C@H](CC(C)C)NC(=O)[C@@H](CCC(=O)O)NC(=O)[C@@H](N)Cc1ccc(O)cc1)C(=O)N[C@@H](CC(C)C)C(=O)N[C@H](C(=O)N[C@@H](CC(C)C)C(N)=O)[C@@H](C)O. The Hall–Kier alpha value is -12.7. The highest BCUT2D eigenvalue weighted by Gasteiger charge is 2.39. The van der Waals surface area contributed by atoms with Gasteiger partial charge in [-0.25, -0.2) is 9.97 Å². The number of rotatable bonds is 55. The molecule has 18 amide bonds. The molecular formula is C79H125N23O22.